The molecule has 29 heavy (non-hydrogen) atoms. The summed E-state index contributed by atoms with van der Waals surface area (Å²) in [5, 5.41) is 6.76. The predicted molar refractivity (Wildman–Crippen MR) is 109 cm³/mol. The second-order valence-electron chi connectivity index (χ2n) is 6.80. The highest BCUT2D eigenvalue weighted by Gasteiger charge is 2.19. The molecule has 0 radical (unpaired) electrons. The number of carbonyl (C=O) groups excluding carboxylic acids is 1. The van der Waals surface area contributed by atoms with Crippen molar-refractivity contribution in [3.8, 4) is 22.9 Å². The van der Waals surface area contributed by atoms with Crippen LogP contribution in [0.1, 0.15) is 30.4 Å². The first-order chi connectivity index (χ1) is 14.0. The molecule has 0 fully saturated rings. The molecule has 1 unspecified atom stereocenters. The first kappa shape index (κ1) is 20.4. The van der Waals surface area contributed by atoms with E-state index in [4.69, 9.17) is 14.0 Å². The molecule has 0 saturated heterocycles. The Morgan fingerprint density at radius 2 is 1.79 bits per heavy atom. The SMILES string of the molecule is CCC(Oc1cc(C)cc(C)c1)C(=O)NCc1nc(-c2ccc(OC)cc2)no1. The summed E-state index contributed by atoms with van der Waals surface area (Å²) >= 11 is 0. The molecule has 0 spiro atoms. The topological polar surface area (TPSA) is 86.5 Å². The fourth-order valence-electron chi connectivity index (χ4n) is 2.95. The predicted octanol–water partition coefficient (Wildman–Crippen LogP) is 3.84. The molecule has 3 aromatic rings. The molecular formula is C22H25N3O4. The lowest BCUT2D eigenvalue weighted by Gasteiger charge is -2.17. The average Bonchev–Trinajstić information content (AvgIpc) is 3.18. The largest absolute Gasteiger partial charge is 0.497 e. The Balaban J connectivity index is 1.59. The highest BCUT2D eigenvalue weighted by Crippen LogP contribution is 2.20. The summed E-state index contributed by atoms with van der Waals surface area (Å²) in [4.78, 5) is 16.9. The highest BCUT2D eigenvalue weighted by molar-refractivity contribution is 5.81. The minimum atomic E-state index is -0.597. The molecule has 0 aliphatic heterocycles. The van der Waals surface area contributed by atoms with Crippen molar-refractivity contribution in [3.63, 3.8) is 0 Å². The molecule has 7 nitrogen and oxygen atoms in total. The smallest absolute Gasteiger partial charge is 0.261 e. The Bertz CT molecular complexity index is 946. The van der Waals surface area contributed by atoms with Crippen LogP contribution in [-0.2, 0) is 11.3 Å². The van der Waals surface area contributed by atoms with Crippen LogP contribution in [0.15, 0.2) is 47.0 Å². The van der Waals surface area contributed by atoms with E-state index in [9.17, 15) is 4.79 Å². The van der Waals surface area contributed by atoms with Crippen molar-refractivity contribution in [2.75, 3.05) is 7.11 Å². The number of carbonyl (C=O) groups is 1. The van der Waals surface area contributed by atoms with Crippen LogP contribution in [-0.4, -0.2) is 29.3 Å². The molecule has 1 heterocycles. The summed E-state index contributed by atoms with van der Waals surface area (Å²) in [7, 11) is 1.61. The summed E-state index contributed by atoms with van der Waals surface area (Å²) in [5.74, 6) is 1.99. The van der Waals surface area contributed by atoms with Gasteiger partial charge < -0.3 is 19.3 Å². The molecule has 1 aromatic heterocycles. The summed E-state index contributed by atoms with van der Waals surface area (Å²) in [6, 6.07) is 13.2. The van der Waals surface area contributed by atoms with Crippen molar-refractivity contribution < 1.29 is 18.8 Å². The van der Waals surface area contributed by atoms with E-state index < -0.39 is 6.10 Å². The normalized spacial score (nSPS) is 11.7. The molecule has 0 bridgehead atoms. The number of aryl methyl sites for hydroxylation is 2. The van der Waals surface area contributed by atoms with E-state index in [1.807, 2.05) is 57.2 Å². The quantitative estimate of drug-likeness (QED) is 0.624. The van der Waals surface area contributed by atoms with E-state index in [0.717, 1.165) is 22.4 Å². The third kappa shape index (κ3) is 5.34. The van der Waals surface area contributed by atoms with Gasteiger partial charge in [0.2, 0.25) is 11.7 Å². The molecule has 1 N–H and O–H groups in total. The van der Waals surface area contributed by atoms with Crippen LogP contribution < -0.4 is 14.8 Å². The number of benzene rings is 2. The Morgan fingerprint density at radius 1 is 1.10 bits per heavy atom. The van der Waals surface area contributed by atoms with E-state index in [0.29, 0.717) is 23.9 Å². The summed E-state index contributed by atoms with van der Waals surface area (Å²) in [6.45, 7) is 6.03. The van der Waals surface area contributed by atoms with Crippen LogP contribution >= 0.6 is 0 Å². The second-order valence-corrected chi connectivity index (χ2v) is 6.80. The third-order valence-electron chi connectivity index (χ3n) is 4.37. The maximum Gasteiger partial charge on any atom is 0.261 e. The lowest BCUT2D eigenvalue weighted by molar-refractivity contribution is -0.128. The maximum atomic E-state index is 12.5. The number of nitrogens with one attached hydrogen (secondary N) is 1. The van der Waals surface area contributed by atoms with Crippen molar-refractivity contribution in [1.29, 1.82) is 0 Å². The van der Waals surface area contributed by atoms with Gasteiger partial charge in [0.05, 0.1) is 13.7 Å². The first-order valence-electron chi connectivity index (χ1n) is 9.48. The molecule has 2 aromatic carbocycles. The van der Waals surface area contributed by atoms with Gasteiger partial charge in [0.15, 0.2) is 6.10 Å². The van der Waals surface area contributed by atoms with Gasteiger partial charge in [-0.25, -0.2) is 0 Å². The summed E-state index contributed by atoms with van der Waals surface area (Å²) in [6.07, 6.45) is -0.0556. The van der Waals surface area contributed by atoms with E-state index in [-0.39, 0.29) is 12.5 Å². The van der Waals surface area contributed by atoms with Crippen LogP contribution in [0.2, 0.25) is 0 Å². The van der Waals surface area contributed by atoms with Crippen LogP contribution in [0.4, 0.5) is 0 Å². The number of ether oxygens (including phenoxy) is 2. The van der Waals surface area contributed by atoms with Crippen LogP contribution in [0.5, 0.6) is 11.5 Å². The number of rotatable bonds is 8. The Morgan fingerprint density at radius 3 is 2.41 bits per heavy atom. The minimum Gasteiger partial charge on any atom is -0.497 e. The lowest BCUT2D eigenvalue weighted by atomic mass is 10.1. The molecule has 0 saturated carbocycles. The number of amides is 1. The lowest BCUT2D eigenvalue weighted by Crippen LogP contribution is -2.37. The molecule has 1 atom stereocenters. The van der Waals surface area contributed by atoms with E-state index in [2.05, 4.69) is 21.5 Å². The molecule has 0 aliphatic rings. The Hall–Kier alpha value is -3.35. The third-order valence-corrected chi connectivity index (χ3v) is 4.37. The minimum absolute atomic E-state index is 0.134. The Labute approximate surface area is 170 Å². The fraction of sp³-hybridized carbons (Fsp3) is 0.318. The standard InChI is InChI=1S/C22H25N3O4/c1-5-19(28-18-11-14(2)10-15(3)12-18)22(26)23-13-20-24-21(25-29-20)16-6-8-17(27-4)9-7-16/h6-12,19H,5,13H2,1-4H3,(H,23,26). The van der Waals surface area contributed by atoms with Crippen molar-refractivity contribution in [1.82, 2.24) is 15.5 Å². The van der Waals surface area contributed by atoms with Gasteiger partial charge in [-0.1, -0.05) is 18.1 Å². The van der Waals surface area contributed by atoms with E-state index in [1.54, 1.807) is 7.11 Å². The number of aromatic nitrogens is 2. The van der Waals surface area contributed by atoms with Gasteiger partial charge >= 0.3 is 0 Å². The molecule has 3 rings (SSSR count). The molecule has 7 heteroatoms. The van der Waals surface area contributed by atoms with E-state index in [1.165, 1.54) is 0 Å². The molecule has 152 valence electrons. The zero-order chi connectivity index (χ0) is 20.8. The molecule has 0 aliphatic carbocycles. The number of hydrogen-bond donors (Lipinski definition) is 1. The Kier molecular flexibility index (Phi) is 6.49. The van der Waals surface area contributed by atoms with E-state index >= 15 is 0 Å². The number of nitrogens with zero attached hydrogens (tertiary/aromatic N) is 2. The van der Waals surface area contributed by atoms with Gasteiger partial charge in [-0.3, -0.25) is 4.79 Å². The summed E-state index contributed by atoms with van der Waals surface area (Å²) in [5.41, 5.74) is 2.98. The number of hydrogen-bond acceptors (Lipinski definition) is 6. The zero-order valence-corrected chi connectivity index (χ0v) is 17.1. The van der Waals surface area contributed by atoms with Gasteiger partial charge in [0.1, 0.15) is 11.5 Å². The maximum absolute atomic E-state index is 12.5. The fourth-order valence-corrected chi connectivity index (χ4v) is 2.95. The second kappa shape index (κ2) is 9.23. The van der Waals surface area contributed by atoms with Crippen molar-refractivity contribution in [3.05, 3.63) is 59.5 Å². The zero-order valence-electron chi connectivity index (χ0n) is 17.1. The van der Waals surface area contributed by atoms with Gasteiger partial charge in [-0.2, -0.15) is 4.98 Å². The van der Waals surface area contributed by atoms with Gasteiger partial charge in [0, 0.05) is 5.56 Å². The molecular weight excluding hydrogens is 370 g/mol. The van der Waals surface area contributed by atoms with Crippen LogP contribution in [0.3, 0.4) is 0 Å². The molecule has 1 amide bonds. The summed E-state index contributed by atoms with van der Waals surface area (Å²) < 4.78 is 16.3. The van der Waals surface area contributed by atoms with Crippen molar-refractivity contribution >= 4 is 5.91 Å². The van der Waals surface area contributed by atoms with Crippen LogP contribution in [0, 0.1) is 13.8 Å². The van der Waals surface area contributed by atoms with Gasteiger partial charge in [0.25, 0.3) is 5.91 Å². The van der Waals surface area contributed by atoms with Gasteiger partial charge in [-0.05, 0) is 67.8 Å². The highest BCUT2D eigenvalue weighted by atomic mass is 16.5. The van der Waals surface area contributed by atoms with Crippen molar-refractivity contribution in [2.24, 2.45) is 0 Å². The average molecular weight is 395 g/mol. The monoisotopic (exact) mass is 395 g/mol. The number of methoxy groups -OCH3 is 1. The first-order valence-corrected chi connectivity index (χ1v) is 9.48. The van der Waals surface area contributed by atoms with Crippen molar-refractivity contribution in [2.45, 2.75) is 39.8 Å². The van der Waals surface area contributed by atoms with Gasteiger partial charge in [-0.15, -0.1) is 0 Å². The van der Waals surface area contributed by atoms with Crippen LogP contribution in [0.25, 0.3) is 11.4 Å².